The molecule has 4 heteroatoms. The van der Waals surface area contributed by atoms with E-state index in [4.69, 9.17) is 4.74 Å². The van der Waals surface area contributed by atoms with Crippen LogP contribution in [-0.4, -0.2) is 55.2 Å². The van der Waals surface area contributed by atoms with Gasteiger partial charge in [-0.05, 0) is 24.1 Å². The van der Waals surface area contributed by atoms with Crippen molar-refractivity contribution >= 4 is 15.9 Å². The molecule has 0 aromatic heterocycles. The molecule has 1 atom stereocenters. The van der Waals surface area contributed by atoms with E-state index in [1.807, 2.05) is 0 Å². The van der Waals surface area contributed by atoms with Gasteiger partial charge in [0.25, 0.3) is 0 Å². The van der Waals surface area contributed by atoms with Gasteiger partial charge in [-0.25, -0.2) is 0 Å². The maximum atomic E-state index is 5.43. The number of benzene rings is 1. The van der Waals surface area contributed by atoms with Crippen LogP contribution < -0.4 is 0 Å². The van der Waals surface area contributed by atoms with Crippen molar-refractivity contribution in [3.05, 3.63) is 34.3 Å². The van der Waals surface area contributed by atoms with Crippen molar-refractivity contribution in [2.45, 2.75) is 19.0 Å². The molecule has 2 heterocycles. The molecule has 0 spiro atoms. The highest BCUT2D eigenvalue weighted by Gasteiger charge is 2.28. The quantitative estimate of drug-likeness (QED) is 0.848. The van der Waals surface area contributed by atoms with Gasteiger partial charge in [0.05, 0.1) is 13.2 Å². The van der Waals surface area contributed by atoms with Gasteiger partial charge >= 0.3 is 0 Å². The van der Waals surface area contributed by atoms with Crippen LogP contribution in [0.2, 0.25) is 0 Å². The second-order valence-corrected chi connectivity index (χ2v) is 6.37. The summed E-state index contributed by atoms with van der Waals surface area (Å²) in [5.74, 6) is 0. The first-order valence-corrected chi connectivity index (χ1v) is 7.89. The predicted octanol–water partition coefficient (Wildman–Crippen LogP) is 2.36. The third kappa shape index (κ3) is 3.57. The molecule has 2 aliphatic heterocycles. The van der Waals surface area contributed by atoms with E-state index in [0.717, 1.165) is 43.4 Å². The summed E-state index contributed by atoms with van der Waals surface area (Å²) in [4.78, 5) is 5.18. The highest BCUT2D eigenvalue weighted by Crippen LogP contribution is 2.20. The van der Waals surface area contributed by atoms with Crippen LogP contribution in [0.3, 0.4) is 0 Å². The average molecular weight is 325 g/mol. The lowest BCUT2D eigenvalue weighted by atomic mass is 10.2. The number of likely N-dealkylation sites (tertiary alicyclic amines) is 1. The lowest BCUT2D eigenvalue weighted by Crippen LogP contribution is -2.44. The van der Waals surface area contributed by atoms with Crippen LogP contribution >= 0.6 is 15.9 Å². The van der Waals surface area contributed by atoms with Crippen molar-refractivity contribution in [3.8, 4) is 0 Å². The fourth-order valence-corrected chi connectivity index (χ4v) is 3.31. The molecule has 0 aliphatic carbocycles. The van der Waals surface area contributed by atoms with E-state index in [1.165, 1.54) is 25.1 Å². The number of morpholine rings is 1. The summed E-state index contributed by atoms with van der Waals surface area (Å²) in [6, 6.07) is 9.42. The monoisotopic (exact) mass is 324 g/mol. The Kier molecular flexibility index (Phi) is 4.53. The first kappa shape index (κ1) is 13.6. The molecule has 0 saturated carbocycles. The smallest absolute Gasteiger partial charge is 0.0594 e. The summed E-state index contributed by atoms with van der Waals surface area (Å²) in [6.07, 6.45) is 1.30. The van der Waals surface area contributed by atoms with E-state index >= 15 is 0 Å². The molecule has 0 amide bonds. The Bertz CT molecular complexity index is 403. The summed E-state index contributed by atoms with van der Waals surface area (Å²) in [7, 11) is 0. The van der Waals surface area contributed by atoms with Crippen molar-refractivity contribution in [1.82, 2.24) is 9.80 Å². The summed E-state index contributed by atoms with van der Waals surface area (Å²) < 4.78 is 6.59. The molecule has 19 heavy (non-hydrogen) atoms. The first-order valence-electron chi connectivity index (χ1n) is 7.10. The zero-order valence-corrected chi connectivity index (χ0v) is 12.8. The third-order valence-corrected chi connectivity index (χ3v) is 4.66. The van der Waals surface area contributed by atoms with Gasteiger partial charge in [-0.1, -0.05) is 28.1 Å². The molecule has 1 unspecified atom stereocenters. The van der Waals surface area contributed by atoms with E-state index in [9.17, 15) is 0 Å². The maximum Gasteiger partial charge on any atom is 0.0594 e. The molecule has 2 aliphatic rings. The number of ether oxygens (including phenoxy) is 1. The molecule has 2 fully saturated rings. The molecule has 3 nitrogen and oxygen atoms in total. The number of nitrogens with zero attached hydrogens (tertiary/aromatic N) is 2. The van der Waals surface area contributed by atoms with Gasteiger partial charge in [0.1, 0.15) is 0 Å². The molecule has 1 aromatic carbocycles. The predicted molar refractivity (Wildman–Crippen MR) is 80.2 cm³/mol. The molecular formula is C15H21BrN2O. The minimum atomic E-state index is 0.736. The topological polar surface area (TPSA) is 15.7 Å². The van der Waals surface area contributed by atoms with Gasteiger partial charge in [0, 0.05) is 43.2 Å². The van der Waals surface area contributed by atoms with E-state index in [-0.39, 0.29) is 0 Å². The molecular weight excluding hydrogens is 304 g/mol. The Morgan fingerprint density at radius 2 is 1.84 bits per heavy atom. The van der Waals surface area contributed by atoms with Crippen LogP contribution in [0.5, 0.6) is 0 Å². The van der Waals surface area contributed by atoms with Gasteiger partial charge in [-0.15, -0.1) is 0 Å². The number of halogens is 1. The molecule has 0 N–H and O–H groups in total. The zero-order valence-electron chi connectivity index (χ0n) is 11.2. The standard InChI is InChI=1S/C15H21BrN2O/c16-14-3-1-13(2-4-14)11-17-6-5-15(12-17)18-7-9-19-10-8-18/h1-4,15H,5-12H2. The molecule has 0 radical (unpaired) electrons. The summed E-state index contributed by atoms with van der Waals surface area (Å²) >= 11 is 3.49. The maximum absolute atomic E-state index is 5.43. The van der Waals surface area contributed by atoms with Crippen molar-refractivity contribution in [1.29, 1.82) is 0 Å². The van der Waals surface area contributed by atoms with E-state index in [1.54, 1.807) is 0 Å². The largest absolute Gasteiger partial charge is 0.379 e. The summed E-state index contributed by atoms with van der Waals surface area (Å²) in [6.45, 7) is 7.53. The second kappa shape index (κ2) is 6.35. The number of hydrogen-bond donors (Lipinski definition) is 0. The molecule has 3 rings (SSSR count). The van der Waals surface area contributed by atoms with E-state index < -0.39 is 0 Å². The van der Waals surface area contributed by atoms with E-state index in [2.05, 4.69) is 50.0 Å². The van der Waals surface area contributed by atoms with Gasteiger partial charge in [-0.2, -0.15) is 0 Å². The van der Waals surface area contributed by atoms with Crippen molar-refractivity contribution < 1.29 is 4.74 Å². The fraction of sp³-hybridized carbons (Fsp3) is 0.600. The highest BCUT2D eigenvalue weighted by atomic mass is 79.9. The Morgan fingerprint density at radius 3 is 2.58 bits per heavy atom. The summed E-state index contributed by atoms with van der Waals surface area (Å²) in [5.41, 5.74) is 1.41. The van der Waals surface area contributed by atoms with Gasteiger partial charge < -0.3 is 4.74 Å². The Morgan fingerprint density at radius 1 is 1.11 bits per heavy atom. The second-order valence-electron chi connectivity index (χ2n) is 5.45. The summed E-state index contributed by atoms with van der Waals surface area (Å²) in [5, 5.41) is 0. The fourth-order valence-electron chi connectivity index (χ4n) is 3.04. The lowest BCUT2D eigenvalue weighted by Gasteiger charge is -2.32. The Balaban J connectivity index is 1.52. The van der Waals surface area contributed by atoms with Gasteiger partial charge in [-0.3, -0.25) is 9.80 Å². The SMILES string of the molecule is Brc1ccc(CN2CCC(N3CCOCC3)C2)cc1. The van der Waals surface area contributed by atoms with Gasteiger partial charge in [0.2, 0.25) is 0 Å². The van der Waals surface area contributed by atoms with Crippen molar-refractivity contribution in [2.24, 2.45) is 0 Å². The Labute approximate surface area is 123 Å². The third-order valence-electron chi connectivity index (χ3n) is 4.13. The highest BCUT2D eigenvalue weighted by molar-refractivity contribution is 9.10. The van der Waals surface area contributed by atoms with Crippen LogP contribution in [0.15, 0.2) is 28.7 Å². The van der Waals surface area contributed by atoms with Crippen LogP contribution in [0.25, 0.3) is 0 Å². The van der Waals surface area contributed by atoms with Crippen molar-refractivity contribution in [3.63, 3.8) is 0 Å². The van der Waals surface area contributed by atoms with Crippen LogP contribution in [0, 0.1) is 0 Å². The average Bonchev–Trinajstić information content (AvgIpc) is 2.91. The first-order chi connectivity index (χ1) is 9.31. The van der Waals surface area contributed by atoms with Crippen molar-refractivity contribution in [2.75, 3.05) is 39.4 Å². The van der Waals surface area contributed by atoms with Crippen LogP contribution in [0.1, 0.15) is 12.0 Å². The zero-order chi connectivity index (χ0) is 13.1. The molecule has 104 valence electrons. The molecule has 2 saturated heterocycles. The molecule has 0 bridgehead atoms. The minimum absolute atomic E-state index is 0.736. The van der Waals surface area contributed by atoms with E-state index in [0.29, 0.717) is 0 Å². The van der Waals surface area contributed by atoms with Crippen LogP contribution in [0.4, 0.5) is 0 Å². The number of hydrogen-bond acceptors (Lipinski definition) is 3. The Hall–Kier alpha value is -0.420. The number of rotatable bonds is 3. The normalized spacial score (nSPS) is 25.8. The minimum Gasteiger partial charge on any atom is -0.379 e. The van der Waals surface area contributed by atoms with Crippen LogP contribution in [-0.2, 0) is 11.3 Å². The van der Waals surface area contributed by atoms with Gasteiger partial charge in [0.15, 0.2) is 0 Å². The molecule has 1 aromatic rings. The lowest BCUT2D eigenvalue weighted by molar-refractivity contribution is 0.0184.